The van der Waals surface area contributed by atoms with Crippen LogP contribution in [0, 0.1) is 13.8 Å². The van der Waals surface area contributed by atoms with Crippen molar-refractivity contribution in [1.82, 2.24) is 4.72 Å². The Labute approximate surface area is 190 Å². The molecule has 8 heteroatoms. The van der Waals surface area contributed by atoms with Crippen LogP contribution in [0.5, 0.6) is 0 Å². The van der Waals surface area contributed by atoms with E-state index >= 15 is 0 Å². The molecule has 0 heterocycles. The summed E-state index contributed by atoms with van der Waals surface area (Å²) in [5, 5.41) is 0. The first-order valence-corrected chi connectivity index (χ1v) is 13.1. The Hall–Kier alpha value is -2.52. The van der Waals surface area contributed by atoms with E-state index in [2.05, 4.69) is 4.72 Å². The van der Waals surface area contributed by atoms with Crippen LogP contribution in [-0.4, -0.2) is 29.5 Å². The topological polar surface area (TPSA) is 89.5 Å². The predicted octanol–water partition coefficient (Wildman–Crippen LogP) is 3.99. The van der Waals surface area contributed by atoms with Crippen molar-refractivity contribution in [2.45, 2.75) is 42.5 Å². The Morgan fingerprint density at radius 3 is 1.84 bits per heavy atom. The van der Waals surface area contributed by atoms with Crippen LogP contribution in [0.2, 0.25) is 0 Å². The maximum atomic E-state index is 12.9. The molecule has 1 atom stereocenters. The van der Waals surface area contributed by atoms with Gasteiger partial charge in [-0.3, -0.25) is 4.18 Å². The van der Waals surface area contributed by atoms with Crippen LogP contribution in [0.3, 0.4) is 0 Å². The molecule has 3 aromatic carbocycles. The van der Waals surface area contributed by atoms with Gasteiger partial charge in [0.25, 0.3) is 10.1 Å². The van der Waals surface area contributed by atoms with E-state index in [1.54, 1.807) is 24.3 Å². The average Bonchev–Trinajstić information content (AvgIpc) is 2.77. The zero-order valence-electron chi connectivity index (χ0n) is 18.1. The molecule has 0 aliphatic heterocycles. The fraction of sp³-hybridized carbons (Fsp3) is 0.250. The normalized spacial score (nSPS) is 13.1. The second-order valence-electron chi connectivity index (χ2n) is 7.71. The molecule has 0 saturated carbocycles. The van der Waals surface area contributed by atoms with Crippen molar-refractivity contribution in [3.05, 3.63) is 95.6 Å². The first kappa shape index (κ1) is 24.1. The molecule has 0 aliphatic rings. The van der Waals surface area contributed by atoms with Crippen molar-refractivity contribution < 1.29 is 21.0 Å². The zero-order chi connectivity index (χ0) is 23.2. The lowest BCUT2D eigenvalue weighted by Gasteiger charge is -2.19. The van der Waals surface area contributed by atoms with Crippen LogP contribution < -0.4 is 4.72 Å². The van der Waals surface area contributed by atoms with Crippen molar-refractivity contribution in [2.75, 3.05) is 6.61 Å². The molecule has 32 heavy (non-hydrogen) atoms. The largest absolute Gasteiger partial charge is 0.297 e. The van der Waals surface area contributed by atoms with Crippen molar-refractivity contribution in [3.8, 4) is 0 Å². The van der Waals surface area contributed by atoms with Gasteiger partial charge in [-0.15, -0.1) is 0 Å². The molecule has 0 aromatic heterocycles. The van der Waals surface area contributed by atoms with Gasteiger partial charge < -0.3 is 0 Å². The third-order valence-corrected chi connectivity index (χ3v) is 7.84. The number of benzene rings is 3. The number of sulfonamides is 1. The van der Waals surface area contributed by atoms with E-state index in [1.165, 1.54) is 24.3 Å². The molecule has 0 unspecified atom stereocenters. The fourth-order valence-corrected chi connectivity index (χ4v) is 5.32. The summed E-state index contributed by atoms with van der Waals surface area (Å²) in [5.41, 5.74) is 2.89. The van der Waals surface area contributed by atoms with Crippen LogP contribution >= 0.6 is 0 Å². The van der Waals surface area contributed by atoms with Gasteiger partial charge in [0, 0.05) is 6.04 Å². The second kappa shape index (κ2) is 10.4. The molecule has 0 fully saturated rings. The summed E-state index contributed by atoms with van der Waals surface area (Å²) in [6.45, 7) is 3.42. The van der Waals surface area contributed by atoms with E-state index in [1.807, 2.05) is 44.2 Å². The Balaban J connectivity index is 1.76. The molecular weight excluding hydrogens is 446 g/mol. The van der Waals surface area contributed by atoms with Gasteiger partial charge in [0.2, 0.25) is 10.0 Å². The highest BCUT2D eigenvalue weighted by Crippen LogP contribution is 2.17. The first-order valence-electron chi connectivity index (χ1n) is 10.2. The van der Waals surface area contributed by atoms with Gasteiger partial charge >= 0.3 is 0 Å². The van der Waals surface area contributed by atoms with Crippen LogP contribution in [0.25, 0.3) is 0 Å². The SMILES string of the molecule is Cc1ccc(S(=O)(=O)N[C@@H](CCc2ccccc2)COS(=O)(=O)c2ccc(C)cc2)cc1. The fourth-order valence-electron chi connectivity index (χ4n) is 3.11. The van der Waals surface area contributed by atoms with Gasteiger partial charge in [0.1, 0.15) is 0 Å². The number of aryl methyl sites for hydroxylation is 3. The first-order chi connectivity index (χ1) is 15.2. The van der Waals surface area contributed by atoms with Gasteiger partial charge in [-0.1, -0.05) is 65.7 Å². The maximum Gasteiger partial charge on any atom is 0.297 e. The second-order valence-corrected chi connectivity index (χ2v) is 11.0. The monoisotopic (exact) mass is 473 g/mol. The van der Waals surface area contributed by atoms with E-state index in [-0.39, 0.29) is 16.4 Å². The Bertz CT molecular complexity index is 1220. The van der Waals surface area contributed by atoms with Crippen molar-refractivity contribution >= 4 is 20.1 Å². The summed E-state index contributed by atoms with van der Waals surface area (Å²) in [6, 6.07) is 21.6. The highest BCUT2D eigenvalue weighted by molar-refractivity contribution is 7.89. The summed E-state index contributed by atoms with van der Waals surface area (Å²) < 4.78 is 58.8. The Kier molecular flexibility index (Phi) is 7.84. The molecule has 1 N–H and O–H groups in total. The highest BCUT2D eigenvalue weighted by Gasteiger charge is 2.23. The molecule has 6 nitrogen and oxygen atoms in total. The average molecular weight is 474 g/mol. The molecule has 0 saturated heterocycles. The Morgan fingerprint density at radius 1 is 0.750 bits per heavy atom. The van der Waals surface area contributed by atoms with Gasteiger partial charge in [-0.25, -0.2) is 13.1 Å². The quantitative estimate of drug-likeness (QED) is 0.450. The molecule has 0 bridgehead atoms. The third kappa shape index (κ3) is 6.74. The number of nitrogens with one attached hydrogen (secondary N) is 1. The summed E-state index contributed by atoms with van der Waals surface area (Å²) in [7, 11) is -7.86. The minimum atomic E-state index is -4.02. The molecular formula is C24H27NO5S2. The third-order valence-electron chi connectivity index (χ3n) is 5.01. The van der Waals surface area contributed by atoms with Crippen LogP contribution in [0.4, 0.5) is 0 Å². The summed E-state index contributed by atoms with van der Waals surface area (Å²) in [5.74, 6) is 0. The van der Waals surface area contributed by atoms with Crippen LogP contribution in [0.1, 0.15) is 23.1 Å². The highest BCUT2D eigenvalue weighted by atomic mass is 32.2. The number of rotatable bonds is 10. The summed E-state index contributed by atoms with van der Waals surface area (Å²) in [4.78, 5) is 0.153. The minimum Gasteiger partial charge on any atom is -0.265 e. The van der Waals surface area contributed by atoms with Crippen LogP contribution in [-0.2, 0) is 30.7 Å². The maximum absolute atomic E-state index is 12.9. The molecule has 0 radical (unpaired) electrons. The molecule has 0 aliphatic carbocycles. The molecule has 3 rings (SSSR count). The van der Waals surface area contributed by atoms with Crippen molar-refractivity contribution in [1.29, 1.82) is 0 Å². The number of hydrogen-bond acceptors (Lipinski definition) is 5. The molecule has 0 amide bonds. The van der Waals surface area contributed by atoms with E-state index in [0.717, 1.165) is 16.7 Å². The lowest BCUT2D eigenvalue weighted by atomic mass is 10.1. The summed E-state index contributed by atoms with van der Waals surface area (Å²) in [6.07, 6.45) is 0.939. The zero-order valence-corrected chi connectivity index (χ0v) is 19.7. The Morgan fingerprint density at radius 2 is 1.28 bits per heavy atom. The van der Waals surface area contributed by atoms with Gasteiger partial charge in [0.05, 0.1) is 16.4 Å². The van der Waals surface area contributed by atoms with Gasteiger partial charge in [-0.2, -0.15) is 8.42 Å². The van der Waals surface area contributed by atoms with Crippen molar-refractivity contribution in [3.63, 3.8) is 0 Å². The molecule has 3 aromatic rings. The van der Waals surface area contributed by atoms with Crippen LogP contribution in [0.15, 0.2) is 88.7 Å². The lowest BCUT2D eigenvalue weighted by molar-refractivity contribution is 0.276. The van der Waals surface area contributed by atoms with Crippen molar-refractivity contribution in [2.24, 2.45) is 0 Å². The van der Waals surface area contributed by atoms with Gasteiger partial charge in [0.15, 0.2) is 0 Å². The van der Waals surface area contributed by atoms with E-state index in [9.17, 15) is 16.8 Å². The van der Waals surface area contributed by atoms with E-state index in [0.29, 0.717) is 12.8 Å². The standard InChI is InChI=1S/C24H27NO5S2/c1-19-8-14-23(15-9-19)31(26,27)25-22(13-12-21-6-4-3-5-7-21)18-30-32(28,29)24-16-10-20(2)11-17-24/h3-11,14-17,22,25H,12-13,18H2,1-2H3/t22-/m0/s1. The van der Waals surface area contributed by atoms with E-state index in [4.69, 9.17) is 4.18 Å². The summed E-state index contributed by atoms with van der Waals surface area (Å²) >= 11 is 0. The smallest absolute Gasteiger partial charge is 0.265 e. The minimum absolute atomic E-state index is 0.0336. The molecule has 170 valence electrons. The molecule has 0 spiro atoms. The van der Waals surface area contributed by atoms with Gasteiger partial charge in [-0.05, 0) is 56.5 Å². The number of hydrogen-bond donors (Lipinski definition) is 1. The van der Waals surface area contributed by atoms with E-state index < -0.39 is 26.2 Å². The predicted molar refractivity (Wildman–Crippen MR) is 124 cm³/mol. The lowest BCUT2D eigenvalue weighted by Crippen LogP contribution is -2.39.